The molecule has 0 aromatic heterocycles. The zero-order valence-corrected chi connectivity index (χ0v) is 13.3. The molecule has 1 amide bonds. The number of nitrogens with one attached hydrogen (secondary N) is 1. The highest BCUT2D eigenvalue weighted by Crippen LogP contribution is 2.12. The normalized spacial score (nSPS) is 10.9. The van der Waals surface area contributed by atoms with Crippen molar-refractivity contribution < 1.29 is 9.53 Å². The van der Waals surface area contributed by atoms with E-state index < -0.39 is 0 Å². The number of amides is 1. The van der Waals surface area contributed by atoms with Gasteiger partial charge in [0.15, 0.2) is 0 Å². The number of benzene rings is 1. The molecule has 0 bridgehead atoms. The number of anilines is 1. The second-order valence-electron chi connectivity index (χ2n) is 5.45. The van der Waals surface area contributed by atoms with Crippen molar-refractivity contribution in [3.63, 3.8) is 0 Å². The number of ether oxygens (including phenoxy) is 1. The fourth-order valence-corrected chi connectivity index (χ4v) is 1.73. The molecule has 0 radical (unpaired) electrons. The first-order valence-electron chi connectivity index (χ1n) is 7.44. The van der Waals surface area contributed by atoms with Crippen molar-refractivity contribution in [3.05, 3.63) is 24.3 Å². The highest BCUT2D eigenvalue weighted by Gasteiger charge is 2.04. The first-order valence-corrected chi connectivity index (χ1v) is 7.44. The average molecular weight is 293 g/mol. The predicted molar refractivity (Wildman–Crippen MR) is 86.4 cm³/mol. The third-order valence-corrected chi connectivity index (χ3v) is 3.37. The molecule has 1 rings (SSSR count). The zero-order chi connectivity index (χ0) is 15.7. The van der Waals surface area contributed by atoms with Gasteiger partial charge in [-0.15, -0.1) is 0 Å². The van der Waals surface area contributed by atoms with Crippen molar-refractivity contribution in [2.45, 2.75) is 32.7 Å². The van der Waals surface area contributed by atoms with Crippen molar-refractivity contribution in [3.8, 4) is 5.75 Å². The monoisotopic (exact) mass is 293 g/mol. The van der Waals surface area contributed by atoms with E-state index in [1.54, 1.807) is 24.3 Å². The molecule has 0 spiro atoms. The summed E-state index contributed by atoms with van der Waals surface area (Å²) in [7, 11) is 2.09. The minimum atomic E-state index is 0.0256. The Morgan fingerprint density at radius 2 is 2.00 bits per heavy atom. The summed E-state index contributed by atoms with van der Waals surface area (Å²) in [6, 6.07) is 7.69. The molecule has 3 N–H and O–H groups in total. The smallest absolute Gasteiger partial charge is 0.223 e. The second kappa shape index (κ2) is 9.23. The first kappa shape index (κ1) is 17.3. The Labute approximate surface area is 127 Å². The molecule has 0 atom stereocenters. The fourth-order valence-electron chi connectivity index (χ4n) is 1.73. The summed E-state index contributed by atoms with van der Waals surface area (Å²) in [5.41, 5.74) is 6.29. The fraction of sp³-hybridized carbons (Fsp3) is 0.562. The van der Waals surface area contributed by atoms with Crippen LogP contribution in [0.1, 0.15) is 26.7 Å². The van der Waals surface area contributed by atoms with Gasteiger partial charge in [-0.1, -0.05) is 0 Å². The van der Waals surface area contributed by atoms with E-state index in [4.69, 9.17) is 10.5 Å². The molecule has 0 aliphatic heterocycles. The second-order valence-corrected chi connectivity index (χ2v) is 5.45. The molecule has 0 saturated carbocycles. The minimum Gasteiger partial charge on any atom is -0.493 e. The van der Waals surface area contributed by atoms with Gasteiger partial charge in [-0.3, -0.25) is 4.79 Å². The minimum absolute atomic E-state index is 0.0256. The summed E-state index contributed by atoms with van der Waals surface area (Å²) < 4.78 is 5.48. The van der Waals surface area contributed by atoms with Crippen molar-refractivity contribution >= 4 is 11.6 Å². The van der Waals surface area contributed by atoms with Gasteiger partial charge in [-0.05, 0) is 58.1 Å². The molecular weight excluding hydrogens is 266 g/mol. The van der Waals surface area contributed by atoms with E-state index in [0.717, 1.165) is 18.7 Å². The Bertz CT molecular complexity index is 418. The number of hydrogen-bond acceptors (Lipinski definition) is 4. The van der Waals surface area contributed by atoms with E-state index in [-0.39, 0.29) is 5.91 Å². The Morgan fingerprint density at radius 1 is 1.33 bits per heavy atom. The number of rotatable bonds is 9. The molecule has 5 heteroatoms. The Balaban J connectivity index is 2.07. The highest BCUT2D eigenvalue weighted by atomic mass is 16.5. The molecule has 0 saturated heterocycles. The lowest BCUT2D eigenvalue weighted by Crippen LogP contribution is -2.31. The number of nitrogen functional groups attached to an aromatic ring is 1. The molecule has 5 nitrogen and oxygen atoms in total. The van der Waals surface area contributed by atoms with Crippen LogP contribution in [0.25, 0.3) is 0 Å². The maximum atomic E-state index is 11.6. The first-order chi connectivity index (χ1) is 9.99. The van der Waals surface area contributed by atoms with Crippen molar-refractivity contribution in [1.29, 1.82) is 0 Å². The number of nitrogens with zero attached hydrogens (tertiary/aromatic N) is 1. The average Bonchev–Trinajstić information content (AvgIpc) is 2.45. The number of carbonyl (C=O) groups excluding carboxylic acids is 1. The van der Waals surface area contributed by atoms with E-state index in [0.29, 0.717) is 31.3 Å². The molecule has 0 aliphatic carbocycles. The molecule has 1 aromatic carbocycles. The maximum Gasteiger partial charge on any atom is 0.223 e. The molecule has 118 valence electrons. The Hall–Kier alpha value is -1.75. The molecular formula is C16H27N3O2. The van der Waals surface area contributed by atoms with E-state index in [9.17, 15) is 4.79 Å². The zero-order valence-electron chi connectivity index (χ0n) is 13.3. The maximum absolute atomic E-state index is 11.6. The lowest BCUT2D eigenvalue weighted by molar-refractivity contribution is -0.121. The van der Waals surface area contributed by atoms with Crippen LogP contribution in [0.4, 0.5) is 5.69 Å². The van der Waals surface area contributed by atoms with Crippen LogP contribution in [0.15, 0.2) is 24.3 Å². The van der Waals surface area contributed by atoms with Gasteiger partial charge in [0.1, 0.15) is 5.75 Å². The number of hydrogen-bond donors (Lipinski definition) is 2. The largest absolute Gasteiger partial charge is 0.493 e. The molecule has 0 unspecified atom stereocenters. The lowest BCUT2D eigenvalue weighted by atomic mass is 10.3. The highest BCUT2D eigenvalue weighted by molar-refractivity contribution is 5.75. The number of nitrogens with two attached hydrogens (primary N) is 1. The summed E-state index contributed by atoms with van der Waals surface area (Å²) in [5, 5.41) is 2.91. The van der Waals surface area contributed by atoms with Gasteiger partial charge in [0.25, 0.3) is 0 Å². The molecule has 0 aliphatic rings. The third-order valence-electron chi connectivity index (χ3n) is 3.37. The third kappa shape index (κ3) is 7.56. The quantitative estimate of drug-likeness (QED) is 0.539. The van der Waals surface area contributed by atoms with Crippen LogP contribution in [0.5, 0.6) is 5.75 Å². The summed E-state index contributed by atoms with van der Waals surface area (Å²) >= 11 is 0. The lowest BCUT2D eigenvalue weighted by Gasteiger charge is -2.20. The van der Waals surface area contributed by atoms with Crippen molar-refractivity contribution in [2.75, 3.05) is 32.5 Å². The van der Waals surface area contributed by atoms with E-state index >= 15 is 0 Å². The van der Waals surface area contributed by atoms with Crippen LogP contribution in [-0.2, 0) is 4.79 Å². The summed E-state index contributed by atoms with van der Waals surface area (Å²) in [4.78, 5) is 13.9. The topological polar surface area (TPSA) is 67.6 Å². The van der Waals surface area contributed by atoms with Gasteiger partial charge >= 0.3 is 0 Å². The van der Waals surface area contributed by atoms with Crippen LogP contribution in [0.3, 0.4) is 0 Å². The van der Waals surface area contributed by atoms with Gasteiger partial charge in [-0.25, -0.2) is 0 Å². The standard InChI is InChI=1S/C16H27N3O2/c1-13(2)19(3)11-4-10-18-16(20)9-12-21-15-7-5-14(17)6-8-15/h5-8,13H,4,9-12,17H2,1-3H3,(H,18,20). The van der Waals surface area contributed by atoms with Crippen LogP contribution >= 0.6 is 0 Å². The summed E-state index contributed by atoms with van der Waals surface area (Å²) in [6.45, 7) is 6.39. The van der Waals surface area contributed by atoms with Crippen LogP contribution in [0, 0.1) is 0 Å². The van der Waals surface area contributed by atoms with Crippen LogP contribution < -0.4 is 15.8 Å². The van der Waals surface area contributed by atoms with Gasteiger partial charge in [-0.2, -0.15) is 0 Å². The van der Waals surface area contributed by atoms with Crippen LogP contribution in [-0.4, -0.2) is 43.6 Å². The predicted octanol–water partition coefficient (Wildman–Crippen LogP) is 1.88. The van der Waals surface area contributed by atoms with E-state index in [1.807, 2.05) is 0 Å². The number of carbonyl (C=O) groups is 1. The molecule has 0 fully saturated rings. The SMILES string of the molecule is CC(C)N(C)CCCNC(=O)CCOc1ccc(N)cc1. The Morgan fingerprint density at radius 3 is 2.62 bits per heavy atom. The van der Waals surface area contributed by atoms with E-state index in [2.05, 4.69) is 31.1 Å². The summed E-state index contributed by atoms with van der Waals surface area (Å²) in [6.07, 6.45) is 1.32. The van der Waals surface area contributed by atoms with Gasteiger partial charge in [0.2, 0.25) is 5.91 Å². The van der Waals surface area contributed by atoms with Gasteiger partial charge in [0.05, 0.1) is 13.0 Å². The van der Waals surface area contributed by atoms with Gasteiger partial charge < -0.3 is 20.7 Å². The van der Waals surface area contributed by atoms with Crippen LogP contribution in [0.2, 0.25) is 0 Å². The Kier molecular flexibility index (Phi) is 7.61. The molecule has 1 aromatic rings. The summed E-state index contributed by atoms with van der Waals surface area (Å²) in [5.74, 6) is 0.758. The van der Waals surface area contributed by atoms with E-state index in [1.165, 1.54) is 0 Å². The molecule has 0 heterocycles. The van der Waals surface area contributed by atoms with Gasteiger partial charge in [0, 0.05) is 18.3 Å². The molecule has 21 heavy (non-hydrogen) atoms. The van der Waals surface area contributed by atoms with Crippen molar-refractivity contribution in [2.24, 2.45) is 0 Å². The van der Waals surface area contributed by atoms with Crippen molar-refractivity contribution in [1.82, 2.24) is 10.2 Å².